The second-order valence-corrected chi connectivity index (χ2v) is 4.21. The van der Waals surface area contributed by atoms with E-state index in [-0.39, 0.29) is 35.4 Å². The van der Waals surface area contributed by atoms with Gasteiger partial charge in [-0.25, -0.2) is 4.79 Å². The van der Waals surface area contributed by atoms with Crippen LogP contribution in [-0.4, -0.2) is 34.8 Å². The van der Waals surface area contributed by atoms with Crippen LogP contribution in [0.4, 0.5) is 13.2 Å². The number of carbonyl (C=O) groups is 2. The summed E-state index contributed by atoms with van der Waals surface area (Å²) in [5, 5.41) is 10.7. The molecule has 5 nitrogen and oxygen atoms in total. The third kappa shape index (κ3) is 4.70. The first kappa shape index (κ1) is 14.4. The van der Waals surface area contributed by atoms with Crippen molar-refractivity contribution < 1.29 is 32.3 Å². The van der Waals surface area contributed by atoms with Gasteiger partial charge < -0.3 is 14.8 Å². The maximum absolute atomic E-state index is 11.8. The van der Waals surface area contributed by atoms with Crippen LogP contribution >= 0.6 is 11.8 Å². The highest BCUT2D eigenvalue weighted by molar-refractivity contribution is 8.00. The molecule has 1 aromatic rings. The summed E-state index contributed by atoms with van der Waals surface area (Å²) in [6, 6.07) is 0.995. The van der Waals surface area contributed by atoms with Crippen molar-refractivity contribution in [1.29, 1.82) is 0 Å². The number of carbonyl (C=O) groups excluding carboxylic acids is 1. The largest absolute Gasteiger partial charge is 0.478 e. The molecule has 0 radical (unpaired) electrons. The first-order chi connectivity index (χ1) is 8.29. The van der Waals surface area contributed by atoms with E-state index in [4.69, 9.17) is 5.11 Å². The first-order valence-electron chi connectivity index (χ1n) is 4.60. The Balaban J connectivity index is 2.39. The Morgan fingerprint density at radius 1 is 1.44 bits per heavy atom. The lowest BCUT2D eigenvalue weighted by molar-refractivity contribution is -0.0327. The quantitative estimate of drug-likeness (QED) is 0.807. The van der Waals surface area contributed by atoms with E-state index in [2.05, 4.69) is 9.73 Å². The molecule has 1 aromatic heterocycles. The summed E-state index contributed by atoms with van der Waals surface area (Å²) in [7, 11) is 0. The molecular formula is C9H8F3NO4S. The van der Waals surface area contributed by atoms with Gasteiger partial charge in [0.15, 0.2) is 5.76 Å². The van der Waals surface area contributed by atoms with Gasteiger partial charge in [-0.3, -0.25) is 4.79 Å². The van der Waals surface area contributed by atoms with Crippen LogP contribution < -0.4 is 5.32 Å². The van der Waals surface area contributed by atoms with E-state index in [9.17, 15) is 22.8 Å². The SMILES string of the molecule is O=C(O)c1coc(C(=O)NCCSC(F)(F)F)c1. The van der Waals surface area contributed by atoms with Gasteiger partial charge >= 0.3 is 11.5 Å². The minimum absolute atomic E-state index is 0.202. The molecule has 18 heavy (non-hydrogen) atoms. The Kier molecular flexibility index (Phi) is 4.65. The molecule has 0 fully saturated rings. The normalized spacial score (nSPS) is 11.3. The predicted octanol–water partition coefficient (Wildman–Crippen LogP) is 1.96. The summed E-state index contributed by atoms with van der Waals surface area (Å²) in [6.45, 7) is -0.202. The molecule has 0 unspecified atom stereocenters. The van der Waals surface area contributed by atoms with Crippen LogP contribution in [0.25, 0.3) is 0 Å². The second-order valence-electron chi connectivity index (χ2n) is 3.05. The van der Waals surface area contributed by atoms with Crippen molar-refractivity contribution in [1.82, 2.24) is 5.32 Å². The third-order valence-corrected chi connectivity index (χ3v) is 2.46. The summed E-state index contributed by atoms with van der Waals surface area (Å²) in [5.41, 5.74) is -4.55. The molecule has 0 aromatic carbocycles. The molecule has 0 spiro atoms. The van der Waals surface area contributed by atoms with Gasteiger partial charge in [0.25, 0.3) is 5.91 Å². The second kappa shape index (κ2) is 5.80. The van der Waals surface area contributed by atoms with Gasteiger partial charge in [-0.2, -0.15) is 13.2 Å². The molecule has 2 N–H and O–H groups in total. The average molecular weight is 283 g/mol. The highest BCUT2D eigenvalue weighted by atomic mass is 32.2. The van der Waals surface area contributed by atoms with Crippen LogP contribution in [0, 0.1) is 0 Å². The maximum Gasteiger partial charge on any atom is 0.441 e. The number of hydrogen-bond donors (Lipinski definition) is 2. The number of aromatic carboxylic acids is 1. The van der Waals surface area contributed by atoms with Gasteiger partial charge in [0, 0.05) is 18.4 Å². The number of amides is 1. The van der Waals surface area contributed by atoms with E-state index in [1.807, 2.05) is 0 Å². The van der Waals surface area contributed by atoms with Gasteiger partial charge in [-0.1, -0.05) is 0 Å². The van der Waals surface area contributed by atoms with Gasteiger partial charge in [-0.15, -0.1) is 0 Å². The fourth-order valence-corrected chi connectivity index (χ4v) is 1.42. The maximum atomic E-state index is 11.8. The number of hydrogen-bond acceptors (Lipinski definition) is 4. The molecule has 0 aliphatic rings. The number of carboxylic acid groups (broad SMARTS) is 1. The number of rotatable bonds is 5. The highest BCUT2D eigenvalue weighted by Crippen LogP contribution is 2.29. The number of thioether (sulfide) groups is 1. The molecule has 1 rings (SSSR count). The van der Waals surface area contributed by atoms with E-state index in [1.54, 1.807) is 0 Å². The van der Waals surface area contributed by atoms with Crippen LogP contribution in [0.5, 0.6) is 0 Å². The Morgan fingerprint density at radius 2 is 2.11 bits per heavy atom. The van der Waals surface area contributed by atoms with Crippen molar-refractivity contribution in [2.24, 2.45) is 0 Å². The van der Waals surface area contributed by atoms with Gasteiger partial charge in [0.05, 0.1) is 5.56 Å². The topological polar surface area (TPSA) is 79.5 Å². The predicted molar refractivity (Wildman–Crippen MR) is 56.5 cm³/mol. The summed E-state index contributed by atoms with van der Waals surface area (Å²) >= 11 is -0.259. The lowest BCUT2D eigenvalue weighted by Gasteiger charge is -2.05. The lowest BCUT2D eigenvalue weighted by Crippen LogP contribution is -2.26. The fraction of sp³-hybridized carbons (Fsp3) is 0.333. The van der Waals surface area contributed by atoms with Crippen molar-refractivity contribution in [3.8, 4) is 0 Å². The number of carboxylic acids is 1. The van der Waals surface area contributed by atoms with Gasteiger partial charge in [-0.05, 0) is 11.8 Å². The van der Waals surface area contributed by atoms with Crippen molar-refractivity contribution >= 4 is 23.6 Å². The third-order valence-electron chi connectivity index (χ3n) is 1.72. The Labute approximate surface area is 103 Å². The summed E-state index contributed by atoms with van der Waals surface area (Å²) in [4.78, 5) is 21.8. The minimum Gasteiger partial charge on any atom is -0.478 e. The Bertz CT molecular complexity index is 443. The molecule has 0 aliphatic carbocycles. The van der Waals surface area contributed by atoms with Crippen LogP contribution in [0.1, 0.15) is 20.9 Å². The zero-order chi connectivity index (χ0) is 13.8. The summed E-state index contributed by atoms with van der Waals surface area (Å²) in [6.07, 6.45) is 0.877. The number of alkyl halides is 3. The van der Waals surface area contributed by atoms with E-state index in [0.29, 0.717) is 0 Å². The van der Waals surface area contributed by atoms with Crippen molar-refractivity contribution in [2.75, 3.05) is 12.3 Å². The van der Waals surface area contributed by atoms with Crippen molar-refractivity contribution in [3.05, 3.63) is 23.7 Å². The number of halogens is 3. The zero-order valence-electron chi connectivity index (χ0n) is 8.78. The lowest BCUT2D eigenvalue weighted by atomic mass is 10.3. The van der Waals surface area contributed by atoms with Crippen LogP contribution in [-0.2, 0) is 0 Å². The molecule has 0 atom stereocenters. The number of furan rings is 1. The molecule has 1 amide bonds. The molecule has 0 aliphatic heterocycles. The first-order valence-corrected chi connectivity index (χ1v) is 5.59. The molecular weight excluding hydrogens is 275 g/mol. The van der Waals surface area contributed by atoms with Crippen LogP contribution in [0.2, 0.25) is 0 Å². The highest BCUT2D eigenvalue weighted by Gasteiger charge is 2.27. The van der Waals surface area contributed by atoms with E-state index in [1.165, 1.54) is 0 Å². The van der Waals surface area contributed by atoms with E-state index >= 15 is 0 Å². The fourth-order valence-electron chi connectivity index (χ4n) is 0.986. The smallest absolute Gasteiger partial charge is 0.441 e. The summed E-state index contributed by atoms with van der Waals surface area (Å²) < 4.78 is 39.9. The monoisotopic (exact) mass is 283 g/mol. The Morgan fingerprint density at radius 3 is 2.61 bits per heavy atom. The van der Waals surface area contributed by atoms with E-state index in [0.717, 1.165) is 12.3 Å². The number of nitrogens with one attached hydrogen (secondary N) is 1. The van der Waals surface area contributed by atoms with Gasteiger partial charge in [0.1, 0.15) is 6.26 Å². The van der Waals surface area contributed by atoms with Gasteiger partial charge in [0.2, 0.25) is 0 Å². The molecule has 100 valence electrons. The van der Waals surface area contributed by atoms with Crippen LogP contribution in [0.3, 0.4) is 0 Å². The van der Waals surface area contributed by atoms with Crippen molar-refractivity contribution in [3.63, 3.8) is 0 Å². The Hall–Kier alpha value is -1.64. The zero-order valence-corrected chi connectivity index (χ0v) is 9.60. The minimum atomic E-state index is -4.34. The summed E-state index contributed by atoms with van der Waals surface area (Å²) in [5.74, 6) is -2.61. The molecule has 1 heterocycles. The van der Waals surface area contributed by atoms with Crippen molar-refractivity contribution in [2.45, 2.75) is 5.51 Å². The molecule has 0 saturated heterocycles. The van der Waals surface area contributed by atoms with Crippen LogP contribution in [0.15, 0.2) is 16.7 Å². The molecule has 9 heteroatoms. The average Bonchev–Trinajstić information content (AvgIpc) is 2.72. The molecule has 0 saturated carbocycles. The standard InChI is InChI=1S/C9H8F3NO4S/c10-9(11,12)18-2-1-13-7(14)6-3-5(4-17-6)8(15)16/h3-4H,1-2H2,(H,13,14)(H,15,16). The molecule has 0 bridgehead atoms. The van der Waals surface area contributed by atoms with E-state index < -0.39 is 17.4 Å².